The molecule has 0 fully saturated rings. The Hall–Kier alpha value is 0.310. The number of nitrogens with one attached hydrogen (secondary N) is 1. The lowest BCUT2D eigenvalue weighted by Gasteiger charge is -2.32. The predicted molar refractivity (Wildman–Crippen MR) is 69.1 cm³/mol. The van der Waals surface area contributed by atoms with Gasteiger partial charge in [-0.05, 0) is 23.6 Å². The fourth-order valence-corrected chi connectivity index (χ4v) is 2.42. The zero-order valence-corrected chi connectivity index (χ0v) is 11.5. The number of hydrogen-bond donors (Lipinski definition) is 1. The van der Waals surface area contributed by atoms with E-state index in [4.69, 9.17) is 0 Å². The topological polar surface area (TPSA) is 12.0 Å². The fraction of sp³-hybridized carbons (Fsp3) is 1.00. The molecule has 0 bridgehead atoms. The molecule has 1 unspecified atom stereocenters. The minimum absolute atomic E-state index is 0.372. The summed E-state index contributed by atoms with van der Waals surface area (Å²) in [6, 6.07) is 0.634. The van der Waals surface area contributed by atoms with Crippen LogP contribution in [0.4, 0.5) is 0 Å². The zero-order chi connectivity index (χ0) is 11.2. The summed E-state index contributed by atoms with van der Waals surface area (Å²) in [5, 5.41) is 4.38. The van der Waals surface area contributed by atoms with Gasteiger partial charge in [0.05, 0.1) is 0 Å². The molecule has 0 amide bonds. The van der Waals surface area contributed by atoms with Crippen LogP contribution in [0.2, 0.25) is 0 Å². The molecule has 0 rings (SSSR count). The number of hydrogen-bond acceptors (Lipinski definition) is 2. The van der Waals surface area contributed by atoms with E-state index in [1.165, 1.54) is 12.2 Å². The SMILES string of the molecule is CCCNC(CSC(C)C)C(C)(C)C. The van der Waals surface area contributed by atoms with E-state index < -0.39 is 0 Å². The van der Waals surface area contributed by atoms with Crippen LogP contribution in [0.15, 0.2) is 0 Å². The summed E-state index contributed by atoms with van der Waals surface area (Å²) in [6.07, 6.45) is 1.22. The quantitative estimate of drug-likeness (QED) is 0.730. The lowest BCUT2D eigenvalue weighted by Crippen LogP contribution is -2.42. The average molecular weight is 217 g/mol. The second kappa shape index (κ2) is 6.73. The number of rotatable bonds is 6. The maximum atomic E-state index is 3.64. The second-order valence-electron chi connectivity index (χ2n) is 5.25. The summed E-state index contributed by atoms with van der Waals surface area (Å²) in [5.41, 5.74) is 0.372. The molecule has 1 atom stereocenters. The van der Waals surface area contributed by atoms with Gasteiger partial charge in [0.15, 0.2) is 0 Å². The summed E-state index contributed by atoms with van der Waals surface area (Å²) >= 11 is 2.05. The van der Waals surface area contributed by atoms with Gasteiger partial charge in [0.2, 0.25) is 0 Å². The van der Waals surface area contributed by atoms with E-state index in [0.717, 1.165) is 11.8 Å². The van der Waals surface area contributed by atoms with Gasteiger partial charge in [0.25, 0.3) is 0 Å². The Labute approximate surface area is 94.4 Å². The minimum Gasteiger partial charge on any atom is -0.313 e. The molecule has 1 N–H and O–H groups in total. The molecule has 0 aromatic heterocycles. The highest BCUT2D eigenvalue weighted by molar-refractivity contribution is 7.99. The molecule has 2 heteroatoms. The van der Waals surface area contributed by atoms with Gasteiger partial charge in [0.1, 0.15) is 0 Å². The Morgan fingerprint density at radius 1 is 1.21 bits per heavy atom. The highest BCUT2D eigenvalue weighted by Crippen LogP contribution is 2.24. The van der Waals surface area contributed by atoms with Crippen LogP contribution >= 0.6 is 11.8 Å². The molecule has 86 valence electrons. The van der Waals surface area contributed by atoms with Crippen LogP contribution in [0, 0.1) is 5.41 Å². The highest BCUT2D eigenvalue weighted by atomic mass is 32.2. The van der Waals surface area contributed by atoms with Crippen molar-refractivity contribution in [3.63, 3.8) is 0 Å². The second-order valence-corrected chi connectivity index (χ2v) is 6.86. The van der Waals surface area contributed by atoms with Gasteiger partial charge in [-0.1, -0.05) is 41.5 Å². The van der Waals surface area contributed by atoms with Gasteiger partial charge in [-0.2, -0.15) is 11.8 Å². The standard InChI is InChI=1S/C12H27NS/c1-7-8-13-11(12(4,5)6)9-14-10(2)3/h10-11,13H,7-9H2,1-6H3. The van der Waals surface area contributed by atoms with Gasteiger partial charge in [-0.25, -0.2) is 0 Å². The molecule has 0 aliphatic rings. The molecule has 1 nitrogen and oxygen atoms in total. The molecular formula is C12H27NS. The Bertz CT molecular complexity index is 138. The Balaban J connectivity index is 3.98. The van der Waals surface area contributed by atoms with E-state index in [0.29, 0.717) is 11.5 Å². The Morgan fingerprint density at radius 2 is 1.79 bits per heavy atom. The van der Waals surface area contributed by atoms with Crippen molar-refractivity contribution < 1.29 is 0 Å². The first kappa shape index (κ1) is 14.3. The zero-order valence-electron chi connectivity index (χ0n) is 10.7. The molecule has 0 radical (unpaired) electrons. The van der Waals surface area contributed by atoms with Crippen molar-refractivity contribution in [2.75, 3.05) is 12.3 Å². The van der Waals surface area contributed by atoms with Gasteiger partial charge in [0, 0.05) is 11.8 Å². The first-order valence-electron chi connectivity index (χ1n) is 5.73. The molecule has 0 saturated carbocycles. The first-order chi connectivity index (χ1) is 6.38. The predicted octanol–water partition coefficient (Wildman–Crippen LogP) is 3.54. The monoisotopic (exact) mass is 217 g/mol. The summed E-state index contributed by atoms with van der Waals surface area (Å²) in [4.78, 5) is 0. The summed E-state index contributed by atoms with van der Waals surface area (Å²) in [5.74, 6) is 1.22. The maximum Gasteiger partial charge on any atom is 0.0206 e. The van der Waals surface area contributed by atoms with Crippen molar-refractivity contribution in [3.05, 3.63) is 0 Å². The van der Waals surface area contributed by atoms with Crippen LogP contribution in [0.25, 0.3) is 0 Å². The summed E-state index contributed by atoms with van der Waals surface area (Å²) in [7, 11) is 0. The number of thioether (sulfide) groups is 1. The van der Waals surface area contributed by atoms with Crippen molar-refractivity contribution in [3.8, 4) is 0 Å². The third-order valence-corrected chi connectivity index (χ3v) is 3.47. The molecule has 0 saturated heterocycles. The van der Waals surface area contributed by atoms with E-state index in [9.17, 15) is 0 Å². The first-order valence-corrected chi connectivity index (χ1v) is 6.77. The van der Waals surface area contributed by atoms with E-state index >= 15 is 0 Å². The van der Waals surface area contributed by atoms with Crippen molar-refractivity contribution in [2.24, 2.45) is 5.41 Å². The van der Waals surface area contributed by atoms with Gasteiger partial charge in [-0.3, -0.25) is 0 Å². The molecule has 0 heterocycles. The van der Waals surface area contributed by atoms with Crippen molar-refractivity contribution in [1.82, 2.24) is 5.32 Å². The van der Waals surface area contributed by atoms with Crippen LogP contribution in [0.5, 0.6) is 0 Å². The lowest BCUT2D eigenvalue weighted by molar-refractivity contribution is 0.291. The minimum atomic E-state index is 0.372. The van der Waals surface area contributed by atoms with E-state index in [1.54, 1.807) is 0 Å². The smallest absolute Gasteiger partial charge is 0.0206 e. The Kier molecular flexibility index (Phi) is 6.88. The lowest BCUT2D eigenvalue weighted by atomic mass is 9.88. The molecule has 0 aromatic rings. The van der Waals surface area contributed by atoms with Crippen molar-refractivity contribution in [2.45, 2.75) is 59.3 Å². The third kappa shape index (κ3) is 6.72. The fourth-order valence-electron chi connectivity index (χ4n) is 1.22. The largest absolute Gasteiger partial charge is 0.313 e. The van der Waals surface area contributed by atoms with Crippen LogP contribution in [-0.2, 0) is 0 Å². The van der Waals surface area contributed by atoms with Crippen molar-refractivity contribution >= 4 is 11.8 Å². The Morgan fingerprint density at radius 3 is 2.14 bits per heavy atom. The van der Waals surface area contributed by atoms with E-state index in [2.05, 4.69) is 58.6 Å². The molecular weight excluding hydrogens is 190 g/mol. The van der Waals surface area contributed by atoms with Crippen LogP contribution in [0.3, 0.4) is 0 Å². The van der Waals surface area contributed by atoms with Crippen LogP contribution < -0.4 is 5.32 Å². The molecule has 0 aliphatic carbocycles. The maximum absolute atomic E-state index is 3.64. The van der Waals surface area contributed by atoms with E-state index in [1.807, 2.05) is 0 Å². The van der Waals surface area contributed by atoms with E-state index in [-0.39, 0.29) is 0 Å². The van der Waals surface area contributed by atoms with Crippen LogP contribution in [-0.4, -0.2) is 23.6 Å². The third-order valence-electron chi connectivity index (χ3n) is 2.28. The van der Waals surface area contributed by atoms with Crippen molar-refractivity contribution in [1.29, 1.82) is 0 Å². The van der Waals surface area contributed by atoms with Crippen LogP contribution in [0.1, 0.15) is 48.0 Å². The molecule has 14 heavy (non-hydrogen) atoms. The highest BCUT2D eigenvalue weighted by Gasteiger charge is 2.23. The molecule has 0 aromatic carbocycles. The molecule has 0 aliphatic heterocycles. The molecule has 0 spiro atoms. The summed E-state index contributed by atoms with van der Waals surface area (Å²) < 4.78 is 0. The average Bonchev–Trinajstić information content (AvgIpc) is 2.01. The van der Waals surface area contributed by atoms with Gasteiger partial charge < -0.3 is 5.32 Å². The van der Waals surface area contributed by atoms with Gasteiger partial charge >= 0.3 is 0 Å². The summed E-state index contributed by atoms with van der Waals surface area (Å²) in [6.45, 7) is 14.9. The van der Waals surface area contributed by atoms with Gasteiger partial charge in [-0.15, -0.1) is 0 Å². The normalized spacial score (nSPS) is 14.8.